The van der Waals surface area contributed by atoms with Crippen molar-refractivity contribution in [2.24, 2.45) is 0 Å². The van der Waals surface area contributed by atoms with Gasteiger partial charge in [0.15, 0.2) is 6.10 Å². The highest BCUT2D eigenvalue weighted by molar-refractivity contribution is 5.20. The minimum absolute atomic E-state index is 0.605. The van der Waals surface area contributed by atoms with Gasteiger partial charge in [0.2, 0.25) is 0 Å². The lowest BCUT2D eigenvalue weighted by atomic mass is 10.0. The molecule has 0 spiro atoms. The topological polar surface area (TPSA) is 60.7 Å². The predicted molar refractivity (Wildman–Crippen MR) is 212 cm³/mol. The van der Waals surface area contributed by atoms with Crippen molar-refractivity contribution in [3.05, 3.63) is 48.6 Å². The van der Waals surface area contributed by atoms with Crippen LogP contribution in [-0.2, 0) is 0 Å². The Morgan fingerprint density at radius 2 is 0.878 bits per heavy atom. The number of aliphatic hydroxyl groups excluding tert-OH is 3. The molecule has 0 bridgehead atoms. The zero-order chi connectivity index (χ0) is 35.7. The molecule has 3 unspecified atom stereocenters. The second-order valence-corrected chi connectivity index (χ2v) is 13.1. The molecule has 0 heterocycles. The van der Waals surface area contributed by atoms with E-state index in [1.807, 2.05) is 12.2 Å². The third-order valence-electron chi connectivity index (χ3n) is 8.42. The molecule has 0 rings (SSSR count). The van der Waals surface area contributed by atoms with Gasteiger partial charge >= 0.3 is 0 Å². The number of unbranched alkanes of at least 4 members (excludes halogenated alkanes) is 22. The van der Waals surface area contributed by atoms with Gasteiger partial charge in [-0.1, -0.05) is 149 Å². The molecule has 49 heavy (non-hydrogen) atoms. The van der Waals surface area contributed by atoms with Gasteiger partial charge in [0.05, 0.1) is 0 Å². The van der Waals surface area contributed by atoms with Crippen LogP contribution in [0.15, 0.2) is 48.6 Å². The van der Waals surface area contributed by atoms with Gasteiger partial charge in [-0.3, -0.25) is 0 Å². The Hall–Kier alpha value is -2.92. The van der Waals surface area contributed by atoms with Crippen molar-refractivity contribution in [3.8, 4) is 48.4 Å². The lowest BCUT2D eigenvalue weighted by molar-refractivity contribution is 0.218. The fourth-order valence-electron chi connectivity index (χ4n) is 5.43. The molecular weight excluding hydrogens is 601 g/mol. The molecule has 0 saturated carbocycles. The Bertz CT molecular complexity index is 1060. The van der Waals surface area contributed by atoms with Crippen molar-refractivity contribution in [2.45, 2.75) is 192 Å². The molecule has 0 saturated heterocycles. The molecule has 0 amide bonds. The first-order chi connectivity index (χ1) is 24.1. The van der Waals surface area contributed by atoms with Crippen molar-refractivity contribution in [3.63, 3.8) is 0 Å². The molecule has 0 aromatic heterocycles. The molecule has 0 aliphatic heterocycles. The highest BCUT2D eigenvalue weighted by atomic mass is 16.3. The summed E-state index contributed by atoms with van der Waals surface area (Å²) in [5, 5.41) is 29.2. The van der Waals surface area contributed by atoms with Crippen LogP contribution in [-0.4, -0.2) is 33.6 Å². The quantitative estimate of drug-likeness (QED) is 0.0391. The molecule has 0 aromatic rings. The fourth-order valence-corrected chi connectivity index (χ4v) is 5.43. The van der Waals surface area contributed by atoms with Crippen LogP contribution in [0.2, 0.25) is 0 Å². The standard InChI is InChI=1S/C46H70O3/c1-3-5-6-7-8-9-10-11-12-13-14-15-16-17-18-19-20-21-22-23-24-25-26-27-31-34-37-40-45(48)42-43-46(49)41-38-35-32-29-28-30-33-36-39-44(47)4-2/h1-2,5-6,21-22,27,31,36,39,44-49H,7-20,23-26,28-30,32-35,37,40H2. The zero-order valence-corrected chi connectivity index (χ0v) is 30.9. The van der Waals surface area contributed by atoms with Crippen LogP contribution >= 0.6 is 0 Å². The number of aliphatic hydroxyl groups is 3. The summed E-state index contributed by atoms with van der Waals surface area (Å²) < 4.78 is 0. The summed E-state index contributed by atoms with van der Waals surface area (Å²) in [7, 11) is 0. The van der Waals surface area contributed by atoms with Crippen molar-refractivity contribution < 1.29 is 15.3 Å². The minimum atomic E-state index is -1.01. The molecule has 272 valence electrons. The lowest BCUT2D eigenvalue weighted by Crippen LogP contribution is -2.05. The molecule has 3 atom stereocenters. The van der Waals surface area contributed by atoms with E-state index in [-0.39, 0.29) is 0 Å². The van der Waals surface area contributed by atoms with Gasteiger partial charge in [0.25, 0.3) is 0 Å². The Morgan fingerprint density at radius 1 is 0.449 bits per heavy atom. The van der Waals surface area contributed by atoms with E-state index in [0.29, 0.717) is 6.42 Å². The maximum absolute atomic E-state index is 10.1. The largest absolute Gasteiger partial charge is 0.380 e. The van der Waals surface area contributed by atoms with E-state index in [9.17, 15) is 15.3 Å². The van der Waals surface area contributed by atoms with E-state index in [4.69, 9.17) is 12.8 Å². The summed E-state index contributed by atoms with van der Waals surface area (Å²) in [5.74, 6) is 15.9. The number of hydrogen-bond donors (Lipinski definition) is 3. The van der Waals surface area contributed by atoms with Crippen LogP contribution in [0, 0.1) is 48.4 Å². The smallest absolute Gasteiger partial charge is 0.176 e. The summed E-state index contributed by atoms with van der Waals surface area (Å²) in [6.07, 6.45) is 56.4. The minimum Gasteiger partial charge on any atom is -0.380 e. The highest BCUT2D eigenvalue weighted by Crippen LogP contribution is 2.14. The molecule has 0 aliphatic carbocycles. The van der Waals surface area contributed by atoms with Crippen molar-refractivity contribution in [1.29, 1.82) is 0 Å². The Kier molecular flexibility index (Phi) is 37.2. The molecular formula is C46H70O3. The van der Waals surface area contributed by atoms with Gasteiger partial charge in [0, 0.05) is 6.42 Å². The van der Waals surface area contributed by atoms with Crippen LogP contribution in [0.3, 0.4) is 0 Å². The first kappa shape index (κ1) is 46.1. The molecule has 3 heteroatoms. The number of terminal acetylenes is 2. The van der Waals surface area contributed by atoms with E-state index in [1.54, 1.807) is 6.08 Å². The lowest BCUT2D eigenvalue weighted by Gasteiger charge is -2.02. The number of allylic oxidation sites excluding steroid dienone is 7. The summed E-state index contributed by atoms with van der Waals surface area (Å²) in [5.41, 5.74) is 0. The fraction of sp³-hybridized carbons (Fsp3) is 0.652. The Labute approximate surface area is 303 Å². The average molecular weight is 671 g/mol. The average Bonchev–Trinajstić information content (AvgIpc) is 3.11. The van der Waals surface area contributed by atoms with E-state index < -0.39 is 18.3 Å². The van der Waals surface area contributed by atoms with E-state index in [1.165, 1.54) is 103 Å². The monoisotopic (exact) mass is 671 g/mol. The van der Waals surface area contributed by atoms with Crippen LogP contribution in [0.1, 0.15) is 173 Å². The van der Waals surface area contributed by atoms with E-state index >= 15 is 0 Å². The van der Waals surface area contributed by atoms with Gasteiger partial charge in [-0.25, -0.2) is 0 Å². The van der Waals surface area contributed by atoms with Crippen molar-refractivity contribution in [1.82, 2.24) is 0 Å². The summed E-state index contributed by atoms with van der Waals surface area (Å²) >= 11 is 0. The number of rotatable bonds is 31. The SMILES string of the molecule is C#CC=CCCCCCCCCCCCCCCC=CCCCCC=CCCCC(O)C#CC(O)C#CCCCCCCC=CC(O)C#C. The second-order valence-electron chi connectivity index (χ2n) is 13.1. The van der Waals surface area contributed by atoms with Crippen LogP contribution < -0.4 is 0 Å². The molecule has 3 N–H and O–H groups in total. The first-order valence-electron chi connectivity index (χ1n) is 19.7. The van der Waals surface area contributed by atoms with E-state index in [0.717, 1.165) is 64.2 Å². The van der Waals surface area contributed by atoms with Crippen molar-refractivity contribution in [2.75, 3.05) is 0 Å². The summed E-state index contributed by atoms with van der Waals surface area (Å²) in [6, 6.07) is 0. The third kappa shape index (κ3) is 39.4. The maximum Gasteiger partial charge on any atom is 0.176 e. The second kappa shape index (κ2) is 39.5. The molecule has 3 nitrogen and oxygen atoms in total. The van der Waals surface area contributed by atoms with Gasteiger partial charge in [-0.05, 0) is 102 Å². The van der Waals surface area contributed by atoms with Gasteiger partial charge in [-0.15, -0.1) is 12.8 Å². The third-order valence-corrected chi connectivity index (χ3v) is 8.42. The van der Waals surface area contributed by atoms with Gasteiger partial charge in [-0.2, -0.15) is 0 Å². The maximum atomic E-state index is 10.1. The van der Waals surface area contributed by atoms with Crippen LogP contribution in [0.4, 0.5) is 0 Å². The summed E-state index contributed by atoms with van der Waals surface area (Å²) in [6.45, 7) is 0. The molecule has 0 fully saturated rings. The Morgan fingerprint density at radius 3 is 1.39 bits per heavy atom. The van der Waals surface area contributed by atoms with Crippen LogP contribution in [0.5, 0.6) is 0 Å². The van der Waals surface area contributed by atoms with Crippen LogP contribution in [0.25, 0.3) is 0 Å². The molecule has 0 aromatic carbocycles. The van der Waals surface area contributed by atoms with Gasteiger partial charge < -0.3 is 15.3 Å². The van der Waals surface area contributed by atoms with Crippen molar-refractivity contribution >= 4 is 0 Å². The molecule has 0 radical (unpaired) electrons. The normalized spacial score (nSPS) is 13.2. The van der Waals surface area contributed by atoms with Gasteiger partial charge in [0.1, 0.15) is 12.2 Å². The predicted octanol–water partition coefficient (Wildman–Crippen LogP) is 11.1. The van der Waals surface area contributed by atoms with E-state index in [2.05, 4.69) is 65.9 Å². The highest BCUT2D eigenvalue weighted by Gasteiger charge is 1.99. The first-order valence-corrected chi connectivity index (χ1v) is 19.7. The Balaban J connectivity index is 3.51. The molecule has 0 aliphatic rings. The number of hydrogen-bond acceptors (Lipinski definition) is 3. The summed E-state index contributed by atoms with van der Waals surface area (Å²) in [4.78, 5) is 0. The zero-order valence-electron chi connectivity index (χ0n) is 30.9.